The van der Waals surface area contributed by atoms with Crippen molar-refractivity contribution in [1.29, 1.82) is 0 Å². The second kappa shape index (κ2) is 4.04. The third kappa shape index (κ3) is 1.93. The summed E-state index contributed by atoms with van der Waals surface area (Å²) in [6, 6.07) is -0.947. The standard InChI is InChI=1S/C11H13N3O3/c1-7-4-3-5-9-12-14(8(2)11(16)17)10(15)6-13(7)9/h3-5,8H,6H2,1-2H3,(H,16,17). The van der Waals surface area contributed by atoms with Crippen molar-refractivity contribution >= 4 is 17.7 Å². The van der Waals surface area contributed by atoms with Crippen LogP contribution in [0.1, 0.15) is 13.8 Å². The third-order valence-corrected chi connectivity index (χ3v) is 2.77. The van der Waals surface area contributed by atoms with Crippen LogP contribution in [0.4, 0.5) is 0 Å². The summed E-state index contributed by atoms with van der Waals surface area (Å²) < 4.78 is 0. The predicted octanol–water partition coefficient (Wildman–Crippen LogP) is 0.391. The number of carbonyl (C=O) groups excluding carboxylic acids is 1. The maximum absolute atomic E-state index is 11.8. The summed E-state index contributed by atoms with van der Waals surface area (Å²) in [5.74, 6) is -0.785. The highest BCUT2D eigenvalue weighted by molar-refractivity contribution is 6.01. The van der Waals surface area contributed by atoms with Crippen LogP contribution in [0.2, 0.25) is 0 Å². The number of nitrogens with zero attached hydrogens (tertiary/aromatic N) is 3. The van der Waals surface area contributed by atoms with E-state index in [0.717, 1.165) is 10.7 Å². The van der Waals surface area contributed by atoms with Gasteiger partial charge in [0.1, 0.15) is 12.6 Å². The van der Waals surface area contributed by atoms with Crippen molar-refractivity contribution in [2.45, 2.75) is 19.9 Å². The van der Waals surface area contributed by atoms with Gasteiger partial charge in [0.25, 0.3) is 5.91 Å². The lowest BCUT2D eigenvalue weighted by Crippen LogP contribution is -2.51. The molecule has 0 bridgehead atoms. The Kier molecular flexibility index (Phi) is 2.71. The van der Waals surface area contributed by atoms with Gasteiger partial charge in [0.15, 0.2) is 5.84 Å². The van der Waals surface area contributed by atoms with Crippen molar-refractivity contribution < 1.29 is 14.7 Å². The Bertz CT molecular complexity index is 465. The van der Waals surface area contributed by atoms with Crippen LogP contribution >= 0.6 is 0 Å². The molecule has 1 N–H and O–H groups in total. The Hall–Kier alpha value is -2.11. The van der Waals surface area contributed by atoms with Crippen LogP contribution in [-0.4, -0.2) is 45.3 Å². The molecule has 6 nitrogen and oxygen atoms in total. The Morgan fingerprint density at radius 2 is 2.29 bits per heavy atom. The van der Waals surface area contributed by atoms with Crippen molar-refractivity contribution in [2.24, 2.45) is 5.10 Å². The van der Waals surface area contributed by atoms with Crippen molar-refractivity contribution in [1.82, 2.24) is 9.91 Å². The van der Waals surface area contributed by atoms with Crippen molar-refractivity contribution in [3.05, 3.63) is 23.9 Å². The normalized spacial score (nSPS) is 20.7. The first-order valence-electron chi connectivity index (χ1n) is 5.26. The van der Waals surface area contributed by atoms with Crippen LogP contribution in [0.5, 0.6) is 0 Å². The lowest BCUT2D eigenvalue weighted by atomic mass is 10.2. The minimum absolute atomic E-state index is 0.128. The van der Waals surface area contributed by atoms with Crippen LogP contribution in [-0.2, 0) is 9.59 Å². The van der Waals surface area contributed by atoms with E-state index in [2.05, 4.69) is 5.10 Å². The number of allylic oxidation sites excluding steroid dienone is 3. The maximum Gasteiger partial charge on any atom is 0.328 e. The van der Waals surface area contributed by atoms with Gasteiger partial charge in [-0.25, -0.2) is 9.80 Å². The first-order chi connectivity index (χ1) is 8.00. The average molecular weight is 235 g/mol. The molecule has 2 aliphatic rings. The second-order valence-corrected chi connectivity index (χ2v) is 3.96. The second-order valence-electron chi connectivity index (χ2n) is 3.96. The van der Waals surface area contributed by atoms with Gasteiger partial charge in [0.05, 0.1) is 0 Å². The van der Waals surface area contributed by atoms with Crippen molar-refractivity contribution in [3.63, 3.8) is 0 Å². The van der Waals surface area contributed by atoms with Gasteiger partial charge in [-0.3, -0.25) is 4.79 Å². The van der Waals surface area contributed by atoms with Gasteiger partial charge in [0, 0.05) is 5.70 Å². The highest BCUT2D eigenvalue weighted by atomic mass is 16.4. The molecule has 0 aromatic carbocycles. The molecule has 2 rings (SSSR count). The molecule has 1 amide bonds. The van der Waals surface area contributed by atoms with E-state index < -0.39 is 12.0 Å². The zero-order chi connectivity index (χ0) is 12.6. The van der Waals surface area contributed by atoms with Crippen LogP contribution in [0.3, 0.4) is 0 Å². The molecule has 2 heterocycles. The van der Waals surface area contributed by atoms with E-state index in [-0.39, 0.29) is 12.5 Å². The van der Waals surface area contributed by atoms with E-state index in [1.807, 2.05) is 19.1 Å². The van der Waals surface area contributed by atoms with E-state index in [4.69, 9.17) is 5.11 Å². The van der Waals surface area contributed by atoms with Gasteiger partial charge < -0.3 is 10.0 Å². The lowest BCUT2D eigenvalue weighted by Gasteiger charge is -2.35. The Morgan fingerprint density at radius 3 is 2.94 bits per heavy atom. The highest BCUT2D eigenvalue weighted by Crippen LogP contribution is 2.18. The zero-order valence-electron chi connectivity index (χ0n) is 9.62. The Balaban J connectivity index is 2.32. The van der Waals surface area contributed by atoms with E-state index in [1.54, 1.807) is 11.0 Å². The first kappa shape index (κ1) is 11.4. The number of hydrogen-bond acceptors (Lipinski definition) is 4. The summed E-state index contributed by atoms with van der Waals surface area (Å²) in [7, 11) is 0. The predicted molar refractivity (Wildman–Crippen MR) is 61.0 cm³/mol. The summed E-state index contributed by atoms with van der Waals surface area (Å²) in [6.07, 6.45) is 5.45. The molecular weight excluding hydrogens is 222 g/mol. The molecule has 0 radical (unpaired) electrons. The molecule has 0 aliphatic carbocycles. The van der Waals surface area contributed by atoms with Crippen molar-refractivity contribution in [3.8, 4) is 0 Å². The zero-order valence-corrected chi connectivity index (χ0v) is 9.62. The maximum atomic E-state index is 11.8. The topological polar surface area (TPSA) is 73.2 Å². The van der Waals surface area contributed by atoms with Crippen LogP contribution in [0.25, 0.3) is 0 Å². The summed E-state index contributed by atoms with van der Waals surface area (Å²) >= 11 is 0. The monoisotopic (exact) mass is 235 g/mol. The fourth-order valence-corrected chi connectivity index (χ4v) is 1.71. The number of amidine groups is 1. The first-order valence-corrected chi connectivity index (χ1v) is 5.26. The van der Waals surface area contributed by atoms with Gasteiger partial charge in [-0.1, -0.05) is 6.08 Å². The van der Waals surface area contributed by atoms with E-state index >= 15 is 0 Å². The fourth-order valence-electron chi connectivity index (χ4n) is 1.71. The summed E-state index contributed by atoms with van der Waals surface area (Å²) in [5, 5.41) is 14.0. The van der Waals surface area contributed by atoms with Crippen molar-refractivity contribution in [2.75, 3.05) is 6.54 Å². The lowest BCUT2D eigenvalue weighted by molar-refractivity contribution is -0.150. The Labute approximate surface area is 98.5 Å². The molecule has 2 aliphatic heterocycles. The molecule has 0 saturated heterocycles. The van der Waals surface area contributed by atoms with Gasteiger partial charge >= 0.3 is 5.97 Å². The fraction of sp³-hybridized carbons (Fsp3) is 0.364. The number of aliphatic carboxylic acids is 1. The van der Waals surface area contributed by atoms with Crippen LogP contribution in [0, 0.1) is 0 Å². The molecule has 1 unspecified atom stereocenters. The molecule has 0 saturated carbocycles. The smallest absolute Gasteiger partial charge is 0.328 e. The molecule has 90 valence electrons. The molecule has 17 heavy (non-hydrogen) atoms. The van der Waals surface area contributed by atoms with Crippen LogP contribution < -0.4 is 0 Å². The van der Waals surface area contributed by atoms with E-state index in [1.165, 1.54) is 6.92 Å². The number of hydrazone groups is 1. The quantitative estimate of drug-likeness (QED) is 0.751. The molecule has 0 fully saturated rings. The third-order valence-electron chi connectivity index (χ3n) is 2.77. The molecule has 6 heteroatoms. The summed E-state index contributed by atoms with van der Waals surface area (Å²) in [6.45, 7) is 3.45. The minimum atomic E-state index is -1.07. The molecular formula is C11H13N3O3. The number of carboxylic acids is 1. The molecule has 0 spiro atoms. The van der Waals surface area contributed by atoms with Gasteiger partial charge in [-0.05, 0) is 26.0 Å². The Morgan fingerprint density at radius 1 is 1.59 bits per heavy atom. The summed E-state index contributed by atoms with van der Waals surface area (Å²) in [5.41, 5.74) is 0.919. The molecule has 1 atom stereocenters. The number of carboxylic acid groups (broad SMARTS) is 1. The summed E-state index contributed by atoms with van der Waals surface area (Å²) in [4.78, 5) is 24.4. The van der Waals surface area contributed by atoms with E-state index in [0.29, 0.717) is 5.84 Å². The number of amides is 1. The minimum Gasteiger partial charge on any atom is -0.480 e. The molecule has 0 aromatic heterocycles. The average Bonchev–Trinajstić information content (AvgIpc) is 2.28. The number of rotatable bonds is 2. The van der Waals surface area contributed by atoms with Gasteiger partial charge in [-0.2, -0.15) is 5.10 Å². The SMILES string of the molecule is CC1=CC=CC2=NN(C(C)C(=O)O)C(=O)CN12. The van der Waals surface area contributed by atoms with Gasteiger partial charge in [-0.15, -0.1) is 0 Å². The number of hydrogen-bond donors (Lipinski definition) is 1. The largest absolute Gasteiger partial charge is 0.480 e. The van der Waals surface area contributed by atoms with E-state index in [9.17, 15) is 9.59 Å². The number of carbonyl (C=O) groups is 2. The number of fused-ring (bicyclic) bond motifs is 1. The molecule has 0 aromatic rings. The van der Waals surface area contributed by atoms with Crippen LogP contribution in [0.15, 0.2) is 29.0 Å². The highest BCUT2D eigenvalue weighted by Gasteiger charge is 2.32. The van der Waals surface area contributed by atoms with Gasteiger partial charge in [0.2, 0.25) is 0 Å².